The average Bonchev–Trinajstić information content (AvgIpc) is 2.04. The Morgan fingerprint density at radius 3 is 2.50 bits per heavy atom. The van der Waals surface area contributed by atoms with Gasteiger partial charge in [0, 0.05) is 28.2 Å². The molecule has 0 bridgehead atoms. The van der Waals surface area contributed by atoms with Crippen LogP contribution in [0.5, 0.6) is 0 Å². The Hall–Kier alpha value is -0.290. The van der Waals surface area contributed by atoms with Gasteiger partial charge in [0.25, 0.3) is 0 Å². The third-order valence-electron chi connectivity index (χ3n) is 2.03. The molecule has 1 fully saturated rings. The van der Waals surface area contributed by atoms with Crippen molar-refractivity contribution >= 4 is 10.8 Å². The summed E-state index contributed by atoms with van der Waals surface area (Å²) in [6.07, 6.45) is 5.29. The number of hydrogen-bond donors (Lipinski definition) is 0. The zero-order valence-electron chi connectivity index (χ0n) is 6.39. The predicted molar refractivity (Wildman–Crippen MR) is 44.0 cm³/mol. The summed E-state index contributed by atoms with van der Waals surface area (Å²) in [6.45, 7) is 4.17. The molecule has 1 aliphatic heterocycles. The lowest BCUT2D eigenvalue weighted by molar-refractivity contribution is 0.355. The fourth-order valence-electron chi connectivity index (χ4n) is 1.26. The summed E-state index contributed by atoms with van der Waals surface area (Å²) in [5.74, 6) is 4.37. The van der Waals surface area contributed by atoms with Gasteiger partial charge < -0.3 is 0 Å². The maximum atomic E-state index is 11.0. The normalized spacial score (nSPS) is 37.3. The summed E-state index contributed by atoms with van der Waals surface area (Å²) in [6, 6.07) is 0. The lowest BCUT2D eigenvalue weighted by Crippen LogP contribution is -2.19. The molecule has 0 aromatic rings. The molecule has 2 unspecified atom stereocenters. The van der Waals surface area contributed by atoms with Crippen LogP contribution in [0.1, 0.15) is 13.8 Å². The third-order valence-corrected chi connectivity index (χ3v) is 3.80. The minimum absolute atomic E-state index is 0.0968. The van der Waals surface area contributed by atoms with Crippen LogP contribution < -0.4 is 0 Å². The van der Waals surface area contributed by atoms with Crippen LogP contribution in [-0.2, 0) is 10.8 Å². The van der Waals surface area contributed by atoms with E-state index in [2.05, 4.69) is 19.8 Å². The van der Waals surface area contributed by atoms with Crippen LogP contribution in [0.25, 0.3) is 0 Å². The zero-order chi connectivity index (χ0) is 7.78. The van der Waals surface area contributed by atoms with Gasteiger partial charge in [-0.2, -0.15) is 0 Å². The molecule has 1 heterocycles. The maximum absolute atomic E-state index is 11.0. The molecule has 56 valence electrons. The van der Waals surface area contributed by atoms with E-state index in [0.29, 0.717) is 5.75 Å². The van der Waals surface area contributed by atoms with Gasteiger partial charge in [0.15, 0.2) is 0 Å². The highest BCUT2D eigenvalue weighted by Gasteiger charge is 2.37. The molecule has 0 spiro atoms. The standard InChI is InChI=1S/C8H12OS/c1-4-7-5-10(9)6-8(7,2)3/h1,7H,5-6H2,2-3H3. The van der Waals surface area contributed by atoms with E-state index in [1.807, 2.05) is 0 Å². The Bertz CT molecular complexity index is 200. The van der Waals surface area contributed by atoms with Crippen LogP contribution in [-0.4, -0.2) is 15.7 Å². The topological polar surface area (TPSA) is 17.1 Å². The third kappa shape index (κ3) is 1.24. The molecule has 10 heavy (non-hydrogen) atoms. The van der Waals surface area contributed by atoms with Gasteiger partial charge in [0.1, 0.15) is 0 Å². The van der Waals surface area contributed by atoms with Crippen molar-refractivity contribution in [3.8, 4) is 12.3 Å². The van der Waals surface area contributed by atoms with Crippen LogP contribution in [0.4, 0.5) is 0 Å². The van der Waals surface area contributed by atoms with Gasteiger partial charge in [-0.25, -0.2) is 0 Å². The van der Waals surface area contributed by atoms with Crippen LogP contribution in [0.15, 0.2) is 0 Å². The highest BCUT2D eigenvalue weighted by atomic mass is 32.2. The molecule has 0 radical (unpaired) electrons. The minimum Gasteiger partial charge on any atom is -0.260 e. The Morgan fingerprint density at radius 2 is 2.30 bits per heavy atom. The average molecular weight is 156 g/mol. The second-order valence-electron chi connectivity index (χ2n) is 3.46. The first-order valence-corrected chi connectivity index (χ1v) is 4.86. The largest absolute Gasteiger partial charge is 0.260 e. The van der Waals surface area contributed by atoms with Crippen LogP contribution in [0, 0.1) is 23.7 Å². The summed E-state index contributed by atoms with van der Waals surface area (Å²) in [5, 5.41) is 0. The van der Waals surface area contributed by atoms with Crippen molar-refractivity contribution in [2.45, 2.75) is 13.8 Å². The van der Waals surface area contributed by atoms with Crippen molar-refractivity contribution in [3.05, 3.63) is 0 Å². The van der Waals surface area contributed by atoms with E-state index in [4.69, 9.17) is 6.42 Å². The summed E-state index contributed by atoms with van der Waals surface area (Å²) in [5.41, 5.74) is 0.0968. The summed E-state index contributed by atoms with van der Waals surface area (Å²) >= 11 is 0. The molecule has 2 atom stereocenters. The van der Waals surface area contributed by atoms with Crippen molar-refractivity contribution in [2.24, 2.45) is 11.3 Å². The summed E-state index contributed by atoms with van der Waals surface area (Å²) < 4.78 is 11.0. The highest BCUT2D eigenvalue weighted by Crippen LogP contribution is 2.34. The Kier molecular flexibility index (Phi) is 1.87. The van der Waals surface area contributed by atoms with Crippen LogP contribution >= 0.6 is 0 Å². The molecule has 0 amide bonds. The van der Waals surface area contributed by atoms with Gasteiger partial charge in [-0.15, -0.1) is 12.3 Å². The second kappa shape index (κ2) is 2.39. The van der Waals surface area contributed by atoms with Gasteiger partial charge in [0.05, 0.1) is 0 Å². The lowest BCUT2D eigenvalue weighted by atomic mass is 9.83. The quantitative estimate of drug-likeness (QED) is 0.479. The van der Waals surface area contributed by atoms with E-state index in [9.17, 15) is 4.21 Å². The summed E-state index contributed by atoms with van der Waals surface area (Å²) in [7, 11) is -0.665. The van der Waals surface area contributed by atoms with E-state index in [1.54, 1.807) is 0 Å². The molecule has 0 aliphatic carbocycles. The first kappa shape index (κ1) is 7.81. The molecular formula is C8H12OS. The minimum atomic E-state index is -0.665. The van der Waals surface area contributed by atoms with Crippen molar-refractivity contribution in [2.75, 3.05) is 11.5 Å². The molecule has 0 N–H and O–H groups in total. The van der Waals surface area contributed by atoms with E-state index in [-0.39, 0.29) is 11.3 Å². The molecule has 0 aromatic heterocycles. The smallest absolute Gasteiger partial charge is 0.0378 e. The fourth-order valence-corrected chi connectivity index (χ4v) is 3.33. The van der Waals surface area contributed by atoms with Crippen molar-refractivity contribution in [1.29, 1.82) is 0 Å². The molecule has 1 nitrogen and oxygen atoms in total. The van der Waals surface area contributed by atoms with E-state index in [1.165, 1.54) is 0 Å². The highest BCUT2D eigenvalue weighted by molar-refractivity contribution is 7.85. The number of terminal acetylenes is 1. The Balaban J connectivity index is 2.79. The molecular weight excluding hydrogens is 144 g/mol. The summed E-state index contributed by atoms with van der Waals surface area (Å²) in [4.78, 5) is 0. The van der Waals surface area contributed by atoms with Crippen molar-refractivity contribution in [1.82, 2.24) is 0 Å². The van der Waals surface area contributed by atoms with Crippen molar-refractivity contribution < 1.29 is 4.21 Å². The van der Waals surface area contributed by atoms with Gasteiger partial charge in [-0.1, -0.05) is 13.8 Å². The van der Waals surface area contributed by atoms with Crippen LogP contribution in [0.2, 0.25) is 0 Å². The Morgan fingerprint density at radius 1 is 1.70 bits per heavy atom. The van der Waals surface area contributed by atoms with Crippen molar-refractivity contribution in [3.63, 3.8) is 0 Å². The first-order chi connectivity index (χ1) is 4.56. The van der Waals surface area contributed by atoms with Gasteiger partial charge in [-0.05, 0) is 5.41 Å². The van der Waals surface area contributed by atoms with Gasteiger partial charge in [0.2, 0.25) is 0 Å². The van der Waals surface area contributed by atoms with Gasteiger partial charge in [-0.3, -0.25) is 4.21 Å². The van der Waals surface area contributed by atoms with Crippen LogP contribution in [0.3, 0.4) is 0 Å². The number of rotatable bonds is 0. The molecule has 1 aliphatic rings. The van der Waals surface area contributed by atoms with E-state index < -0.39 is 10.8 Å². The van der Waals surface area contributed by atoms with E-state index in [0.717, 1.165) is 5.75 Å². The molecule has 0 aromatic carbocycles. The molecule has 2 heteroatoms. The SMILES string of the molecule is C#CC1CS(=O)CC1(C)C. The number of hydrogen-bond acceptors (Lipinski definition) is 1. The fraction of sp³-hybridized carbons (Fsp3) is 0.750. The second-order valence-corrected chi connectivity index (χ2v) is 4.96. The molecule has 1 saturated heterocycles. The van der Waals surface area contributed by atoms with E-state index >= 15 is 0 Å². The molecule has 1 rings (SSSR count). The Labute approximate surface area is 64.7 Å². The predicted octanol–water partition coefficient (Wildman–Crippen LogP) is 1.02. The van der Waals surface area contributed by atoms with Gasteiger partial charge >= 0.3 is 0 Å². The maximum Gasteiger partial charge on any atom is 0.0378 e. The zero-order valence-corrected chi connectivity index (χ0v) is 7.20. The first-order valence-electron chi connectivity index (χ1n) is 3.37. The monoisotopic (exact) mass is 156 g/mol. The lowest BCUT2D eigenvalue weighted by Gasteiger charge is -2.19. The molecule has 0 saturated carbocycles.